The summed E-state index contributed by atoms with van der Waals surface area (Å²) in [5, 5.41) is 44.2. The highest BCUT2D eigenvalue weighted by molar-refractivity contribution is 6.43. The van der Waals surface area contributed by atoms with Gasteiger partial charge in [0, 0.05) is 37.2 Å². The summed E-state index contributed by atoms with van der Waals surface area (Å²) >= 11 is 0. The number of nitrogens with two attached hydrogens (primary N) is 1. The zero-order valence-electron chi connectivity index (χ0n) is 20.8. The molecule has 0 bridgehead atoms. The number of phenolic OH excluding ortho intramolecular Hbond substituents is 1. The number of hydrogen-bond acceptors (Lipinski definition) is 10. The number of phenols is 1. The molecule has 6 atom stereocenters. The van der Waals surface area contributed by atoms with E-state index in [1.54, 1.807) is 14.1 Å². The van der Waals surface area contributed by atoms with Gasteiger partial charge in [-0.1, -0.05) is 0 Å². The van der Waals surface area contributed by atoms with E-state index in [1.165, 1.54) is 25.1 Å². The van der Waals surface area contributed by atoms with Gasteiger partial charge in [0.05, 0.1) is 11.7 Å². The number of carbonyl (C=O) groups excluding carboxylic acids is 5. The zero-order valence-corrected chi connectivity index (χ0v) is 20.8. The number of nitrogens with zero attached hydrogens (tertiary/aromatic N) is 2. The molecule has 4 rings (SSSR count). The highest BCUT2D eigenvalue weighted by Crippen LogP contribution is 2.52. The Labute approximate surface area is 212 Å². The maximum absolute atomic E-state index is 13.8. The molecule has 1 aromatic carbocycles. The fourth-order valence-corrected chi connectivity index (χ4v) is 6.14. The Morgan fingerprint density at radius 2 is 1.70 bits per heavy atom. The van der Waals surface area contributed by atoms with Crippen LogP contribution in [0.25, 0.3) is 5.76 Å². The fraction of sp³-hybridized carbons (Fsp3) is 0.480. The highest BCUT2D eigenvalue weighted by atomic mass is 16.3. The molecule has 12 heteroatoms. The molecule has 0 saturated heterocycles. The molecule has 1 aromatic rings. The van der Waals surface area contributed by atoms with E-state index in [2.05, 4.69) is 0 Å². The van der Waals surface area contributed by atoms with E-state index in [0.717, 1.165) is 11.0 Å². The van der Waals surface area contributed by atoms with Gasteiger partial charge in [0.25, 0.3) is 11.7 Å². The van der Waals surface area contributed by atoms with E-state index in [9.17, 15) is 44.4 Å². The van der Waals surface area contributed by atoms with Gasteiger partial charge in [-0.15, -0.1) is 0 Å². The molecule has 3 aliphatic carbocycles. The van der Waals surface area contributed by atoms with Crippen LogP contribution < -0.4 is 5.73 Å². The average molecular weight is 516 g/mol. The molecule has 0 spiro atoms. The number of amides is 2. The van der Waals surface area contributed by atoms with Crippen molar-refractivity contribution in [2.45, 2.75) is 30.6 Å². The van der Waals surface area contributed by atoms with Crippen molar-refractivity contribution in [2.24, 2.45) is 23.5 Å². The van der Waals surface area contributed by atoms with Crippen LogP contribution in [0.2, 0.25) is 0 Å². The molecule has 0 radical (unpaired) electrons. The number of aromatic hydroxyl groups is 1. The molecule has 3 aliphatic rings. The first-order chi connectivity index (χ1) is 17.2. The van der Waals surface area contributed by atoms with Crippen molar-refractivity contribution in [3.63, 3.8) is 0 Å². The molecule has 0 heterocycles. The number of rotatable bonds is 4. The molecule has 198 valence electrons. The highest BCUT2D eigenvalue weighted by Gasteiger charge is 2.67. The summed E-state index contributed by atoms with van der Waals surface area (Å²) in [7, 11) is 5.89. The lowest BCUT2D eigenvalue weighted by molar-refractivity contribution is -0.184. The van der Waals surface area contributed by atoms with Crippen LogP contribution in [-0.4, -0.2) is 105 Å². The lowest BCUT2D eigenvalue weighted by Gasteiger charge is -2.53. The molecule has 3 unspecified atom stereocenters. The van der Waals surface area contributed by atoms with Gasteiger partial charge in [-0.05, 0) is 50.6 Å². The summed E-state index contributed by atoms with van der Waals surface area (Å²) < 4.78 is 0. The Bertz CT molecular complexity index is 1280. The maximum Gasteiger partial charge on any atom is 0.294 e. The van der Waals surface area contributed by atoms with Crippen LogP contribution in [0.4, 0.5) is 0 Å². The standard InChI is InChI=1S/C25H29N3O9/c1-27(2)17-12-8-9-7-11-10(18(30)24(36)28(3)4)5-6-13(29)15(11)19(31)14(9)21(33)25(12,37)22(34)16(20(17)32)23(26)35/h5-6,9,12,16-17,20,29,31-32,37H,7-8H2,1-4H3,(H2,26,35)/t9-,12-,16?,17?,20?,25-/m0/s1. The van der Waals surface area contributed by atoms with Crippen LogP contribution in [0.1, 0.15) is 27.9 Å². The quantitative estimate of drug-likeness (QED) is 0.177. The molecule has 12 nitrogen and oxygen atoms in total. The Morgan fingerprint density at radius 1 is 1.08 bits per heavy atom. The lowest BCUT2D eigenvalue weighted by atomic mass is 9.54. The van der Waals surface area contributed by atoms with Crippen molar-refractivity contribution in [2.75, 3.05) is 28.2 Å². The first kappa shape index (κ1) is 26.5. The topological polar surface area (TPSA) is 199 Å². The minimum Gasteiger partial charge on any atom is -0.507 e. The Balaban J connectivity index is 1.92. The van der Waals surface area contributed by atoms with Crippen LogP contribution >= 0.6 is 0 Å². The molecule has 6 N–H and O–H groups in total. The fourth-order valence-electron chi connectivity index (χ4n) is 6.14. The maximum atomic E-state index is 13.8. The molecular weight excluding hydrogens is 486 g/mol. The normalized spacial score (nSPS) is 30.9. The number of likely N-dealkylation sites (N-methyl/N-ethyl adjacent to an activating group) is 2. The third kappa shape index (κ3) is 3.58. The van der Waals surface area contributed by atoms with Crippen molar-refractivity contribution in [1.82, 2.24) is 9.80 Å². The van der Waals surface area contributed by atoms with Crippen LogP contribution in [0.3, 0.4) is 0 Å². The number of hydrogen-bond donors (Lipinski definition) is 5. The number of ketones is 3. The zero-order chi connectivity index (χ0) is 27.7. The molecule has 0 aliphatic heterocycles. The molecular formula is C25H29N3O9. The summed E-state index contributed by atoms with van der Waals surface area (Å²) in [6.07, 6.45) is -1.78. The van der Waals surface area contributed by atoms with Crippen molar-refractivity contribution in [3.8, 4) is 5.75 Å². The van der Waals surface area contributed by atoms with Gasteiger partial charge >= 0.3 is 0 Å². The SMILES string of the molecule is CN(C)C(=O)C(=O)c1ccc(O)c2c1C[C@H]1C[C@H]3C(N(C)C)C(O)C(C(N)=O)C(=O)[C@@]3(O)C(=O)C1=C2O. The molecule has 37 heavy (non-hydrogen) atoms. The van der Waals surface area contributed by atoms with Crippen molar-refractivity contribution < 1.29 is 44.4 Å². The Kier molecular flexibility index (Phi) is 6.26. The van der Waals surface area contributed by atoms with Gasteiger partial charge in [-0.2, -0.15) is 0 Å². The summed E-state index contributed by atoms with van der Waals surface area (Å²) in [6.45, 7) is 0. The summed E-state index contributed by atoms with van der Waals surface area (Å²) in [4.78, 5) is 67.0. The molecule has 0 aromatic heterocycles. The first-order valence-electron chi connectivity index (χ1n) is 11.7. The van der Waals surface area contributed by atoms with E-state index >= 15 is 0 Å². The minimum atomic E-state index is -2.77. The van der Waals surface area contributed by atoms with Gasteiger partial charge in [0.1, 0.15) is 17.4 Å². The van der Waals surface area contributed by atoms with E-state index in [4.69, 9.17) is 5.73 Å². The van der Waals surface area contributed by atoms with E-state index in [-0.39, 0.29) is 35.1 Å². The summed E-state index contributed by atoms with van der Waals surface area (Å²) in [5.74, 6) is -10.4. The van der Waals surface area contributed by atoms with Gasteiger partial charge in [0.15, 0.2) is 11.4 Å². The average Bonchev–Trinajstić information content (AvgIpc) is 2.80. The summed E-state index contributed by atoms with van der Waals surface area (Å²) in [6, 6.07) is 1.32. The van der Waals surface area contributed by atoms with Crippen molar-refractivity contribution >= 4 is 34.9 Å². The number of fused-ring (bicyclic) bond motifs is 3. The third-order valence-corrected chi connectivity index (χ3v) is 7.82. The largest absolute Gasteiger partial charge is 0.507 e. The van der Waals surface area contributed by atoms with Crippen molar-refractivity contribution in [1.29, 1.82) is 0 Å². The molecule has 2 saturated carbocycles. The van der Waals surface area contributed by atoms with Crippen molar-refractivity contribution in [3.05, 3.63) is 34.4 Å². The summed E-state index contributed by atoms with van der Waals surface area (Å²) in [5.41, 5.74) is 2.07. The lowest BCUT2D eigenvalue weighted by Crippen LogP contribution is -2.73. The smallest absolute Gasteiger partial charge is 0.294 e. The predicted molar refractivity (Wildman–Crippen MR) is 127 cm³/mol. The Morgan fingerprint density at radius 3 is 2.24 bits per heavy atom. The van der Waals surface area contributed by atoms with Gasteiger partial charge in [0.2, 0.25) is 11.7 Å². The second-order valence-corrected chi connectivity index (χ2v) is 10.3. The number of Topliss-reactive ketones (excluding diaryl/α,β-unsaturated/α-hetero) is 3. The van der Waals surface area contributed by atoms with Crippen LogP contribution in [0.5, 0.6) is 5.75 Å². The van der Waals surface area contributed by atoms with E-state index in [0.29, 0.717) is 0 Å². The van der Waals surface area contributed by atoms with Gasteiger partial charge < -0.3 is 36.0 Å². The molecule has 2 fully saturated rings. The van der Waals surface area contributed by atoms with Crippen LogP contribution in [-0.2, 0) is 25.6 Å². The number of carbonyl (C=O) groups is 5. The number of aliphatic hydroxyl groups is 3. The van der Waals surface area contributed by atoms with Crippen LogP contribution in [0.15, 0.2) is 17.7 Å². The predicted octanol–water partition coefficient (Wildman–Crippen LogP) is -1.60. The van der Waals surface area contributed by atoms with E-state index in [1.807, 2.05) is 0 Å². The number of benzene rings is 1. The van der Waals surface area contributed by atoms with Gasteiger partial charge in [-0.25, -0.2) is 0 Å². The monoisotopic (exact) mass is 515 g/mol. The number of primary amides is 1. The second kappa shape index (κ2) is 8.75. The van der Waals surface area contributed by atoms with E-state index < -0.39 is 76.2 Å². The van der Waals surface area contributed by atoms with Crippen LogP contribution in [0, 0.1) is 17.8 Å². The minimum absolute atomic E-state index is 0.0666. The first-order valence-corrected chi connectivity index (χ1v) is 11.7. The third-order valence-electron chi connectivity index (χ3n) is 7.82. The second-order valence-electron chi connectivity index (χ2n) is 10.3. The Hall–Kier alpha value is -3.61. The number of aliphatic hydroxyl groups excluding tert-OH is 2. The van der Waals surface area contributed by atoms with Gasteiger partial charge in [-0.3, -0.25) is 24.0 Å². The molecule has 2 amide bonds.